The van der Waals surface area contributed by atoms with Crippen molar-refractivity contribution in [2.24, 2.45) is 0 Å². The summed E-state index contributed by atoms with van der Waals surface area (Å²) in [6, 6.07) is 12.0. The summed E-state index contributed by atoms with van der Waals surface area (Å²) in [4.78, 5) is 10.1. The zero-order valence-corrected chi connectivity index (χ0v) is 11.0. The molecule has 1 aliphatic heterocycles. The van der Waals surface area contributed by atoms with Crippen LogP contribution in [0.5, 0.6) is 0 Å². The highest BCUT2D eigenvalue weighted by molar-refractivity contribution is 5.77. The molecule has 2 rings (SSSR count). The third kappa shape index (κ3) is 12.7. The van der Waals surface area contributed by atoms with Crippen LogP contribution in [0.4, 0.5) is 0 Å². The van der Waals surface area contributed by atoms with Crippen LogP contribution < -0.4 is 5.32 Å². The Morgan fingerprint density at radius 3 is 1.44 bits per heavy atom. The first-order valence-corrected chi connectivity index (χ1v) is 6.16. The molecule has 1 heterocycles. The van der Waals surface area contributed by atoms with E-state index >= 15 is 0 Å². The van der Waals surface area contributed by atoms with E-state index in [1.807, 2.05) is 64.1 Å². The highest BCUT2D eigenvalue weighted by Gasteiger charge is 2.05. The molecule has 0 radical (unpaired) electrons. The van der Waals surface area contributed by atoms with Gasteiger partial charge in [0.05, 0.1) is 0 Å². The summed E-state index contributed by atoms with van der Waals surface area (Å²) >= 11 is 0. The molecule has 0 saturated carbocycles. The minimum absolute atomic E-state index is 0. The van der Waals surface area contributed by atoms with Crippen molar-refractivity contribution >= 4 is 5.91 Å². The van der Waals surface area contributed by atoms with Gasteiger partial charge in [0.1, 0.15) is 0 Å². The predicted molar refractivity (Wildman–Crippen MR) is 73.5 cm³/mol. The van der Waals surface area contributed by atoms with E-state index < -0.39 is 0 Å². The lowest BCUT2D eigenvalue weighted by Gasteiger charge is -1.80. The van der Waals surface area contributed by atoms with Gasteiger partial charge in [0.15, 0.2) is 0 Å². The van der Waals surface area contributed by atoms with E-state index in [1.165, 1.54) is 0 Å². The summed E-state index contributed by atoms with van der Waals surface area (Å²) < 4.78 is 0. The lowest BCUT2D eigenvalue weighted by Crippen LogP contribution is -2.12. The fourth-order valence-corrected chi connectivity index (χ4v) is 0.950. The molecule has 16 heavy (non-hydrogen) atoms. The van der Waals surface area contributed by atoms with Gasteiger partial charge in [-0.05, 0) is 6.42 Å². The summed E-state index contributed by atoms with van der Waals surface area (Å²) in [6.07, 6.45) is 1.76. The van der Waals surface area contributed by atoms with E-state index in [-0.39, 0.29) is 7.33 Å². The van der Waals surface area contributed by atoms with Crippen LogP contribution in [0.15, 0.2) is 36.4 Å². The van der Waals surface area contributed by atoms with Crippen LogP contribution in [-0.2, 0) is 4.79 Å². The molecule has 2 nitrogen and oxygen atoms in total. The maximum absolute atomic E-state index is 10.1. The van der Waals surface area contributed by atoms with Gasteiger partial charge in [-0.25, -0.2) is 0 Å². The molecule has 94 valence electrons. The molecule has 1 fully saturated rings. The smallest absolute Gasteiger partial charge is 0.220 e. The minimum atomic E-state index is 0. The Morgan fingerprint density at radius 1 is 0.938 bits per heavy atom. The molecule has 1 aromatic rings. The first-order valence-electron chi connectivity index (χ1n) is 6.16. The molecule has 0 aliphatic carbocycles. The maximum atomic E-state index is 10.1. The lowest BCUT2D eigenvalue weighted by molar-refractivity contribution is -0.119. The number of hydrogen-bond acceptors (Lipinski definition) is 1. The zero-order chi connectivity index (χ0) is 12.6. The second kappa shape index (κ2) is 16.1. The maximum Gasteiger partial charge on any atom is 0.220 e. The number of hydrogen-bond donors (Lipinski definition) is 1. The second-order valence-corrected chi connectivity index (χ2v) is 2.61. The molecule has 1 saturated heterocycles. The largest absolute Gasteiger partial charge is 0.356 e. The molecule has 0 atom stereocenters. The van der Waals surface area contributed by atoms with E-state index in [4.69, 9.17) is 0 Å². The highest BCUT2D eigenvalue weighted by Crippen LogP contribution is 1.93. The van der Waals surface area contributed by atoms with Crippen LogP contribution in [-0.4, -0.2) is 12.5 Å². The number of nitrogens with one attached hydrogen (secondary N) is 1. The molecule has 0 unspecified atom stereocenters. The second-order valence-electron chi connectivity index (χ2n) is 2.61. The summed E-state index contributed by atoms with van der Waals surface area (Å²) in [5.74, 6) is 0.204. The average molecular weight is 225 g/mol. The number of carbonyl (C=O) groups excluding carboxylic acids is 1. The van der Waals surface area contributed by atoms with Gasteiger partial charge in [0, 0.05) is 14.4 Å². The van der Waals surface area contributed by atoms with Crippen LogP contribution in [0, 0.1) is 0 Å². The summed E-state index contributed by atoms with van der Waals surface area (Å²) in [5, 5.41) is 2.68. The lowest BCUT2D eigenvalue weighted by atomic mass is 10.4. The fraction of sp³-hybridized carbons (Fsp3) is 0.500. The van der Waals surface area contributed by atoms with Crippen LogP contribution in [0.2, 0.25) is 0 Å². The SMILES string of the molecule is CC.CC.O=C1CCCN1.[HH].c1ccccc1. The molecular formula is C14H27NO. The van der Waals surface area contributed by atoms with Crippen molar-refractivity contribution < 1.29 is 6.22 Å². The Bertz CT molecular complexity index is 192. The standard InChI is InChI=1S/C6H6.C4H7NO.2C2H6.H2/c1-2-4-6-5-3-1;6-4-2-1-3-5-4;2*1-2;/h1-6H;1-3H2,(H,5,6);2*1-2H3;1H. The van der Waals surface area contributed by atoms with E-state index in [0.29, 0.717) is 0 Å². The Balaban J connectivity index is -0.000000171. The van der Waals surface area contributed by atoms with Crippen molar-refractivity contribution in [3.8, 4) is 0 Å². The van der Waals surface area contributed by atoms with Gasteiger partial charge >= 0.3 is 0 Å². The zero-order valence-electron chi connectivity index (χ0n) is 11.0. The van der Waals surface area contributed by atoms with Crippen molar-refractivity contribution in [3.05, 3.63) is 36.4 Å². The molecular weight excluding hydrogens is 198 g/mol. The molecule has 0 spiro atoms. The first kappa shape index (κ1) is 17.1. The normalized spacial score (nSPS) is 11.6. The molecule has 2 heteroatoms. The van der Waals surface area contributed by atoms with Gasteiger partial charge in [0.2, 0.25) is 5.91 Å². The number of benzene rings is 1. The van der Waals surface area contributed by atoms with Gasteiger partial charge in [-0.1, -0.05) is 64.1 Å². The molecule has 0 aromatic heterocycles. The molecule has 1 aliphatic rings. The van der Waals surface area contributed by atoms with Crippen molar-refractivity contribution in [2.45, 2.75) is 40.5 Å². The summed E-state index contributed by atoms with van der Waals surface area (Å²) in [6.45, 7) is 8.89. The topological polar surface area (TPSA) is 29.1 Å². The van der Waals surface area contributed by atoms with E-state index in [9.17, 15) is 4.79 Å². The Labute approximate surface area is 102 Å². The number of amides is 1. The monoisotopic (exact) mass is 225 g/mol. The van der Waals surface area contributed by atoms with Crippen molar-refractivity contribution in [1.29, 1.82) is 0 Å². The summed E-state index contributed by atoms with van der Waals surface area (Å²) in [5.41, 5.74) is 0. The summed E-state index contributed by atoms with van der Waals surface area (Å²) in [7, 11) is 0. The minimum Gasteiger partial charge on any atom is -0.356 e. The molecule has 1 aromatic carbocycles. The van der Waals surface area contributed by atoms with Gasteiger partial charge in [0.25, 0.3) is 0 Å². The average Bonchev–Trinajstić information content (AvgIpc) is 2.88. The Morgan fingerprint density at radius 2 is 1.31 bits per heavy atom. The van der Waals surface area contributed by atoms with Crippen LogP contribution >= 0.6 is 0 Å². The van der Waals surface area contributed by atoms with Crippen molar-refractivity contribution in [2.75, 3.05) is 6.54 Å². The van der Waals surface area contributed by atoms with E-state index in [0.717, 1.165) is 19.4 Å². The predicted octanol–water partition coefficient (Wildman–Crippen LogP) is 3.88. The quantitative estimate of drug-likeness (QED) is 0.713. The Hall–Kier alpha value is -1.31. The van der Waals surface area contributed by atoms with Crippen LogP contribution in [0.25, 0.3) is 0 Å². The van der Waals surface area contributed by atoms with Crippen molar-refractivity contribution in [1.82, 2.24) is 5.32 Å². The van der Waals surface area contributed by atoms with Gasteiger partial charge in [-0.15, -0.1) is 0 Å². The van der Waals surface area contributed by atoms with Crippen LogP contribution in [0.3, 0.4) is 0 Å². The van der Waals surface area contributed by atoms with Crippen molar-refractivity contribution in [3.63, 3.8) is 0 Å². The Kier molecular flexibility index (Phi) is 17.2. The number of carbonyl (C=O) groups is 1. The van der Waals surface area contributed by atoms with Gasteiger partial charge < -0.3 is 5.32 Å². The third-order valence-corrected chi connectivity index (χ3v) is 1.57. The third-order valence-electron chi connectivity index (χ3n) is 1.57. The number of rotatable bonds is 0. The molecule has 1 N–H and O–H groups in total. The van der Waals surface area contributed by atoms with Gasteiger partial charge in [-0.3, -0.25) is 4.79 Å². The van der Waals surface area contributed by atoms with Crippen LogP contribution in [0.1, 0.15) is 42.0 Å². The molecule has 1 amide bonds. The fourth-order valence-electron chi connectivity index (χ4n) is 0.950. The molecule has 0 bridgehead atoms. The van der Waals surface area contributed by atoms with Gasteiger partial charge in [-0.2, -0.15) is 0 Å². The highest BCUT2D eigenvalue weighted by atomic mass is 16.1. The van der Waals surface area contributed by atoms with E-state index in [2.05, 4.69) is 5.32 Å². The van der Waals surface area contributed by atoms with E-state index in [1.54, 1.807) is 0 Å². The first-order chi connectivity index (χ1) is 7.89.